The second-order valence-electron chi connectivity index (χ2n) is 8.71. The van der Waals surface area contributed by atoms with Crippen LogP contribution >= 0.6 is 0 Å². The van der Waals surface area contributed by atoms with Crippen molar-refractivity contribution in [3.05, 3.63) is 71.7 Å². The number of hydrogen-bond acceptors (Lipinski definition) is 7. The minimum atomic E-state index is -0.312. The number of anilines is 1. The van der Waals surface area contributed by atoms with E-state index in [0.29, 0.717) is 46.7 Å². The van der Waals surface area contributed by atoms with Crippen molar-refractivity contribution in [2.45, 2.75) is 20.4 Å². The lowest BCUT2D eigenvalue weighted by atomic mass is 10.1. The molecule has 0 fully saturated rings. The molecule has 36 heavy (non-hydrogen) atoms. The lowest BCUT2D eigenvalue weighted by Crippen LogP contribution is -2.38. The molecule has 0 saturated heterocycles. The summed E-state index contributed by atoms with van der Waals surface area (Å²) in [4.78, 5) is 39.2. The number of furan rings is 1. The molecule has 4 rings (SSSR count). The second kappa shape index (κ2) is 11.0. The second-order valence-corrected chi connectivity index (χ2v) is 8.71. The largest absolute Gasteiger partial charge is 0.497 e. The number of carbonyl (C=O) groups is 3. The molecule has 188 valence electrons. The molecule has 9 heteroatoms. The van der Waals surface area contributed by atoms with Crippen LogP contribution in [0.1, 0.15) is 40.5 Å². The highest BCUT2D eigenvalue weighted by atomic mass is 16.5. The third-order valence-electron chi connectivity index (χ3n) is 5.52. The summed E-state index contributed by atoms with van der Waals surface area (Å²) < 4.78 is 21.9. The third-order valence-corrected chi connectivity index (χ3v) is 5.52. The van der Waals surface area contributed by atoms with E-state index in [1.54, 1.807) is 61.7 Å². The van der Waals surface area contributed by atoms with E-state index in [0.717, 1.165) is 0 Å². The molecule has 0 unspecified atom stereocenters. The van der Waals surface area contributed by atoms with Crippen LogP contribution in [0.5, 0.6) is 17.2 Å². The first-order valence-corrected chi connectivity index (χ1v) is 11.6. The van der Waals surface area contributed by atoms with Crippen LogP contribution in [-0.4, -0.2) is 44.5 Å². The van der Waals surface area contributed by atoms with Gasteiger partial charge in [-0.3, -0.25) is 19.3 Å². The molecule has 9 nitrogen and oxygen atoms in total. The molecule has 2 amide bonds. The zero-order valence-corrected chi connectivity index (χ0v) is 20.4. The maximum atomic E-state index is 12.8. The van der Waals surface area contributed by atoms with Crippen molar-refractivity contribution in [2.75, 3.05) is 31.8 Å². The van der Waals surface area contributed by atoms with Gasteiger partial charge in [0.05, 0.1) is 19.3 Å². The molecule has 1 aliphatic heterocycles. The topological polar surface area (TPSA) is 107 Å². The number of ether oxygens (including phenoxy) is 3. The fourth-order valence-corrected chi connectivity index (χ4v) is 3.58. The summed E-state index contributed by atoms with van der Waals surface area (Å²) in [5.74, 6) is 1.76. The van der Waals surface area contributed by atoms with E-state index in [1.165, 1.54) is 4.90 Å². The van der Waals surface area contributed by atoms with E-state index in [2.05, 4.69) is 5.32 Å². The number of nitrogens with one attached hydrogen (secondary N) is 1. The zero-order valence-electron chi connectivity index (χ0n) is 20.4. The first-order chi connectivity index (χ1) is 17.3. The average molecular weight is 493 g/mol. The van der Waals surface area contributed by atoms with Crippen LogP contribution in [0, 0.1) is 5.92 Å². The standard InChI is InChI=1S/C27H28N2O7/c1-17(2)13-28-27(32)25-11-9-21(36-25)14-29-22-12-18(4-10-24(22)35-16-26(29)31)23(30)15-34-20-7-5-19(33-3)6-8-20/h4-12,17H,13-16H2,1-3H3,(H,28,32). The summed E-state index contributed by atoms with van der Waals surface area (Å²) in [6, 6.07) is 15.0. The van der Waals surface area contributed by atoms with Crippen molar-refractivity contribution in [1.82, 2.24) is 5.32 Å². The first kappa shape index (κ1) is 24.8. The van der Waals surface area contributed by atoms with E-state index < -0.39 is 0 Å². The number of methoxy groups -OCH3 is 1. The Kier molecular flexibility index (Phi) is 7.58. The van der Waals surface area contributed by atoms with Crippen molar-refractivity contribution in [2.24, 2.45) is 5.92 Å². The quantitative estimate of drug-likeness (QED) is 0.428. The Morgan fingerprint density at radius 1 is 1.06 bits per heavy atom. The number of nitrogens with zero attached hydrogens (tertiary/aromatic N) is 1. The minimum Gasteiger partial charge on any atom is -0.497 e. The number of benzene rings is 2. The first-order valence-electron chi connectivity index (χ1n) is 11.6. The molecule has 2 heterocycles. The SMILES string of the molecule is COc1ccc(OCC(=O)c2ccc3c(c2)N(Cc2ccc(C(=O)NCC(C)C)o2)C(=O)CO3)cc1. The van der Waals surface area contributed by atoms with Crippen molar-refractivity contribution in [3.8, 4) is 17.2 Å². The Morgan fingerprint density at radius 2 is 1.81 bits per heavy atom. The number of hydrogen-bond donors (Lipinski definition) is 1. The highest BCUT2D eigenvalue weighted by molar-refractivity contribution is 6.02. The molecular formula is C27H28N2O7. The minimum absolute atomic E-state index is 0.0899. The van der Waals surface area contributed by atoms with Crippen LogP contribution in [-0.2, 0) is 11.3 Å². The smallest absolute Gasteiger partial charge is 0.287 e. The third kappa shape index (κ3) is 5.86. The lowest BCUT2D eigenvalue weighted by molar-refractivity contribution is -0.121. The summed E-state index contributed by atoms with van der Waals surface area (Å²) in [5.41, 5.74) is 0.822. The van der Waals surface area contributed by atoms with Gasteiger partial charge in [-0.15, -0.1) is 0 Å². The number of fused-ring (bicyclic) bond motifs is 1. The molecule has 1 N–H and O–H groups in total. The Hall–Kier alpha value is -4.27. The van der Waals surface area contributed by atoms with E-state index in [4.69, 9.17) is 18.6 Å². The summed E-state index contributed by atoms with van der Waals surface area (Å²) in [5, 5.41) is 2.80. The van der Waals surface area contributed by atoms with Crippen molar-refractivity contribution >= 4 is 23.3 Å². The normalized spacial score (nSPS) is 12.7. The van der Waals surface area contributed by atoms with Gasteiger partial charge in [0.2, 0.25) is 0 Å². The Balaban J connectivity index is 1.46. The van der Waals surface area contributed by atoms with Crippen molar-refractivity contribution < 1.29 is 33.0 Å². The lowest BCUT2D eigenvalue weighted by Gasteiger charge is -2.29. The Labute approximate surface area is 208 Å². The predicted molar refractivity (Wildman–Crippen MR) is 132 cm³/mol. The Morgan fingerprint density at radius 3 is 2.53 bits per heavy atom. The monoisotopic (exact) mass is 492 g/mol. The van der Waals surface area contributed by atoms with Crippen LogP contribution in [0.2, 0.25) is 0 Å². The number of rotatable bonds is 10. The molecule has 0 radical (unpaired) electrons. The van der Waals surface area contributed by atoms with Crippen molar-refractivity contribution in [3.63, 3.8) is 0 Å². The number of ketones is 1. The molecule has 0 saturated carbocycles. The summed E-state index contributed by atoms with van der Waals surface area (Å²) in [7, 11) is 1.57. The number of carbonyl (C=O) groups excluding carboxylic acids is 3. The van der Waals surface area contributed by atoms with Gasteiger partial charge in [-0.05, 0) is 60.5 Å². The summed E-state index contributed by atoms with van der Waals surface area (Å²) >= 11 is 0. The molecule has 1 aliphatic rings. The van der Waals surface area contributed by atoms with Crippen LogP contribution in [0.25, 0.3) is 0 Å². The maximum absolute atomic E-state index is 12.8. The van der Waals surface area contributed by atoms with Gasteiger partial charge in [0, 0.05) is 12.1 Å². The van der Waals surface area contributed by atoms with Gasteiger partial charge in [-0.2, -0.15) is 0 Å². The summed E-state index contributed by atoms with van der Waals surface area (Å²) in [6.07, 6.45) is 0. The van der Waals surface area contributed by atoms with E-state index >= 15 is 0 Å². The van der Waals surface area contributed by atoms with E-state index in [-0.39, 0.29) is 43.1 Å². The van der Waals surface area contributed by atoms with Crippen LogP contribution in [0.3, 0.4) is 0 Å². The molecule has 0 atom stereocenters. The van der Waals surface area contributed by atoms with Gasteiger partial charge < -0.3 is 23.9 Å². The van der Waals surface area contributed by atoms with Gasteiger partial charge >= 0.3 is 0 Å². The molecule has 1 aromatic heterocycles. The van der Waals surface area contributed by atoms with E-state index in [9.17, 15) is 14.4 Å². The zero-order chi connectivity index (χ0) is 25.7. The number of amides is 2. The fourth-order valence-electron chi connectivity index (χ4n) is 3.58. The molecular weight excluding hydrogens is 464 g/mol. The molecule has 0 spiro atoms. The average Bonchev–Trinajstić information content (AvgIpc) is 3.36. The van der Waals surface area contributed by atoms with Gasteiger partial charge in [0.25, 0.3) is 11.8 Å². The highest BCUT2D eigenvalue weighted by Crippen LogP contribution is 2.34. The van der Waals surface area contributed by atoms with Gasteiger partial charge in [0.1, 0.15) is 23.0 Å². The highest BCUT2D eigenvalue weighted by Gasteiger charge is 2.28. The predicted octanol–water partition coefficient (Wildman–Crippen LogP) is 3.86. The molecule has 0 bridgehead atoms. The van der Waals surface area contributed by atoms with Crippen LogP contribution < -0.4 is 24.4 Å². The fraction of sp³-hybridized carbons (Fsp3) is 0.296. The molecule has 0 aliphatic carbocycles. The molecule has 2 aromatic carbocycles. The van der Waals surface area contributed by atoms with Crippen LogP contribution in [0.15, 0.2) is 59.0 Å². The number of Topliss-reactive ketones (excluding diaryl/α,β-unsaturated/α-hetero) is 1. The van der Waals surface area contributed by atoms with Gasteiger partial charge in [-0.1, -0.05) is 13.8 Å². The van der Waals surface area contributed by atoms with Crippen molar-refractivity contribution in [1.29, 1.82) is 0 Å². The van der Waals surface area contributed by atoms with E-state index in [1.807, 2.05) is 13.8 Å². The van der Waals surface area contributed by atoms with Gasteiger partial charge in [-0.25, -0.2) is 0 Å². The maximum Gasteiger partial charge on any atom is 0.287 e. The Bertz CT molecular complexity index is 1250. The summed E-state index contributed by atoms with van der Waals surface area (Å²) in [6.45, 7) is 4.31. The molecule has 3 aromatic rings. The van der Waals surface area contributed by atoms with Gasteiger partial charge in [0.15, 0.2) is 24.8 Å². The van der Waals surface area contributed by atoms with Crippen LogP contribution in [0.4, 0.5) is 5.69 Å².